The summed E-state index contributed by atoms with van der Waals surface area (Å²) in [6, 6.07) is 22.8. The molecule has 4 aromatic rings. The SMILES string of the molecule is CCCCCc1ccc(C(=O)N(CCCCC)C(CC)c2nc3ccccc3c(=O)n2-c2ccc(Br)cc2)cc1. The van der Waals surface area contributed by atoms with E-state index in [9.17, 15) is 9.59 Å². The number of nitrogens with zero attached hydrogens (tertiary/aromatic N) is 3. The third-order valence-electron chi connectivity index (χ3n) is 7.48. The highest BCUT2D eigenvalue weighted by Crippen LogP contribution is 2.28. The first-order chi connectivity index (χ1) is 19.5. The summed E-state index contributed by atoms with van der Waals surface area (Å²) in [5, 5.41) is 0.562. The molecule has 1 heterocycles. The Bertz CT molecular complexity index is 1460. The van der Waals surface area contributed by atoms with Gasteiger partial charge >= 0.3 is 0 Å². The summed E-state index contributed by atoms with van der Waals surface area (Å²) >= 11 is 3.51. The number of aromatic nitrogens is 2. The molecule has 1 unspecified atom stereocenters. The summed E-state index contributed by atoms with van der Waals surface area (Å²) in [7, 11) is 0. The highest BCUT2D eigenvalue weighted by molar-refractivity contribution is 9.10. The summed E-state index contributed by atoms with van der Waals surface area (Å²) in [5.41, 5.74) is 3.19. The Morgan fingerprint density at radius 3 is 2.23 bits per heavy atom. The van der Waals surface area contributed by atoms with E-state index >= 15 is 0 Å². The van der Waals surface area contributed by atoms with Crippen molar-refractivity contribution in [2.75, 3.05) is 6.54 Å². The van der Waals surface area contributed by atoms with Crippen LogP contribution < -0.4 is 5.56 Å². The number of fused-ring (bicyclic) bond motifs is 1. The number of carbonyl (C=O) groups is 1. The quantitative estimate of drug-likeness (QED) is 0.144. The van der Waals surface area contributed by atoms with Gasteiger partial charge in [-0.15, -0.1) is 0 Å². The number of carbonyl (C=O) groups excluding carboxylic acids is 1. The minimum Gasteiger partial charge on any atom is -0.328 e. The molecule has 0 N–H and O–H groups in total. The highest BCUT2D eigenvalue weighted by atomic mass is 79.9. The smallest absolute Gasteiger partial charge is 0.266 e. The molecule has 3 aromatic carbocycles. The molecule has 1 atom stereocenters. The molecule has 0 aliphatic heterocycles. The minimum atomic E-state index is -0.366. The topological polar surface area (TPSA) is 55.2 Å². The monoisotopic (exact) mass is 601 g/mol. The zero-order valence-electron chi connectivity index (χ0n) is 23.9. The number of benzene rings is 3. The molecule has 0 spiro atoms. The van der Waals surface area contributed by atoms with Crippen LogP contribution in [0.15, 0.2) is 82.1 Å². The van der Waals surface area contributed by atoms with E-state index in [1.54, 1.807) is 4.57 Å². The largest absolute Gasteiger partial charge is 0.328 e. The van der Waals surface area contributed by atoms with Crippen molar-refractivity contribution in [1.29, 1.82) is 0 Å². The lowest BCUT2D eigenvalue weighted by Gasteiger charge is -2.32. The maximum absolute atomic E-state index is 14.1. The molecule has 4 rings (SSSR count). The Morgan fingerprint density at radius 2 is 1.55 bits per heavy atom. The zero-order valence-corrected chi connectivity index (χ0v) is 25.5. The van der Waals surface area contributed by atoms with Crippen molar-refractivity contribution in [3.63, 3.8) is 0 Å². The molecular formula is C34H40BrN3O2. The summed E-state index contributed by atoms with van der Waals surface area (Å²) in [5.74, 6) is 0.572. The minimum absolute atomic E-state index is 0.0205. The van der Waals surface area contributed by atoms with Crippen LogP contribution in [0.1, 0.15) is 93.5 Å². The molecule has 0 aliphatic carbocycles. The Kier molecular flexibility index (Phi) is 10.7. The van der Waals surface area contributed by atoms with E-state index in [1.165, 1.54) is 18.4 Å². The van der Waals surface area contributed by atoms with Gasteiger partial charge in [0.2, 0.25) is 0 Å². The van der Waals surface area contributed by atoms with Crippen LogP contribution in [0.3, 0.4) is 0 Å². The normalized spacial score (nSPS) is 12.0. The third-order valence-corrected chi connectivity index (χ3v) is 8.01. The van der Waals surface area contributed by atoms with Crippen molar-refractivity contribution in [1.82, 2.24) is 14.5 Å². The molecule has 0 bridgehead atoms. The molecule has 1 amide bonds. The first-order valence-electron chi connectivity index (χ1n) is 14.7. The molecule has 6 heteroatoms. The van der Waals surface area contributed by atoms with E-state index in [2.05, 4.69) is 48.8 Å². The maximum Gasteiger partial charge on any atom is 0.266 e. The Morgan fingerprint density at radius 1 is 0.875 bits per heavy atom. The van der Waals surface area contributed by atoms with Crippen LogP contribution >= 0.6 is 15.9 Å². The maximum atomic E-state index is 14.1. The van der Waals surface area contributed by atoms with Crippen LogP contribution in [-0.2, 0) is 6.42 Å². The van der Waals surface area contributed by atoms with Gasteiger partial charge in [-0.3, -0.25) is 14.2 Å². The molecule has 40 heavy (non-hydrogen) atoms. The van der Waals surface area contributed by atoms with E-state index < -0.39 is 0 Å². The van der Waals surface area contributed by atoms with E-state index in [0.717, 1.165) is 42.3 Å². The summed E-state index contributed by atoms with van der Waals surface area (Å²) in [4.78, 5) is 35.0. The molecule has 0 saturated carbocycles. The molecule has 0 aliphatic rings. The van der Waals surface area contributed by atoms with Crippen LogP contribution in [0.25, 0.3) is 16.6 Å². The van der Waals surface area contributed by atoms with Gasteiger partial charge in [0.1, 0.15) is 5.82 Å². The molecule has 210 valence electrons. The van der Waals surface area contributed by atoms with Gasteiger partial charge < -0.3 is 4.90 Å². The van der Waals surface area contributed by atoms with Crippen LogP contribution in [0, 0.1) is 0 Å². The Labute approximate surface area is 246 Å². The van der Waals surface area contributed by atoms with Gasteiger partial charge in [0.15, 0.2) is 0 Å². The number of hydrogen-bond donors (Lipinski definition) is 0. The lowest BCUT2D eigenvalue weighted by Crippen LogP contribution is -2.39. The van der Waals surface area contributed by atoms with Gasteiger partial charge in [0.25, 0.3) is 11.5 Å². The number of para-hydroxylation sites is 1. The van der Waals surface area contributed by atoms with Crippen LogP contribution in [0.4, 0.5) is 0 Å². The van der Waals surface area contributed by atoms with Crippen molar-refractivity contribution < 1.29 is 4.79 Å². The number of rotatable bonds is 13. The van der Waals surface area contributed by atoms with Crippen molar-refractivity contribution in [3.8, 4) is 5.69 Å². The summed E-state index contributed by atoms with van der Waals surface area (Å²) < 4.78 is 2.63. The Hall–Kier alpha value is -3.25. The van der Waals surface area contributed by atoms with E-state index in [-0.39, 0.29) is 17.5 Å². The van der Waals surface area contributed by atoms with E-state index in [0.29, 0.717) is 35.3 Å². The highest BCUT2D eigenvalue weighted by Gasteiger charge is 2.29. The average molecular weight is 603 g/mol. The molecule has 5 nitrogen and oxygen atoms in total. The van der Waals surface area contributed by atoms with Crippen molar-refractivity contribution in [2.24, 2.45) is 0 Å². The van der Waals surface area contributed by atoms with Gasteiger partial charge in [0.05, 0.1) is 22.6 Å². The van der Waals surface area contributed by atoms with Gasteiger partial charge in [-0.05, 0) is 79.8 Å². The number of aryl methyl sites for hydroxylation is 1. The number of unbranched alkanes of at least 4 members (excludes halogenated alkanes) is 4. The van der Waals surface area contributed by atoms with Crippen molar-refractivity contribution in [2.45, 2.75) is 78.2 Å². The first-order valence-corrected chi connectivity index (χ1v) is 15.4. The van der Waals surface area contributed by atoms with Gasteiger partial charge in [-0.2, -0.15) is 0 Å². The summed E-state index contributed by atoms with van der Waals surface area (Å²) in [6.45, 7) is 7.04. The molecular weight excluding hydrogens is 562 g/mol. The van der Waals surface area contributed by atoms with Crippen LogP contribution in [0.2, 0.25) is 0 Å². The van der Waals surface area contributed by atoms with Crippen molar-refractivity contribution in [3.05, 3.63) is 105 Å². The average Bonchev–Trinajstić information content (AvgIpc) is 2.98. The van der Waals surface area contributed by atoms with E-state index in [4.69, 9.17) is 4.98 Å². The number of amides is 1. The van der Waals surface area contributed by atoms with Crippen LogP contribution in [0.5, 0.6) is 0 Å². The fourth-order valence-corrected chi connectivity index (χ4v) is 5.51. The summed E-state index contributed by atoms with van der Waals surface area (Å²) in [6.07, 6.45) is 8.20. The molecule has 0 saturated heterocycles. The van der Waals surface area contributed by atoms with Gasteiger partial charge in [-0.1, -0.05) is 86.6 Å². The van der Waals surface area contributed by atoms with E-state index in [1.807, 2.05) is 65.6 Å². The molecule has 0 radical (unpaired) electrons. The second-order valence-corrected chi connectivity index (χ2v) is 11.3. The molecule has 0 fully saturated rings. The second-order valence-electron chi connectivity index (χ2n) is 10.4. The fourth-order valence-electron chi connectivity index (χ4n) is 5.25. The number of halogens is 1. The second kappa shape index (κ2) is 14.4. The standard InChI is InChI=1S/C34H40BrN3O2/c1-4-7-9-13-25-16-18-26(19-17-25)33(39)37(24-12-8-5-2)31(6-3)32-36-30-15-11-10-14-29(30)34(40)38(32)28-22-20-27(35)21-23-28/h10-11,14-23,31H,4-9,12-13,24H2,1-3H3. The fraction of sp³-hybridized carbons (Fsp3) is 0.382. The first kappa shape index (κ1) is 29.7. The zero-order chi connectivity index (χ0) is 28.5. The van der Waals surface area contributed by atoms with Gasteiger partial charge in [-0.25, -0.2) is 4.98 Å². The molecule has 1 aromatic heterocycles. The lowest BCUT2D eigenvalue weighted by atomic mass is 10.0. The van der Waals surface area contributed by atoms with Gasteiger partial charge in [0, 0.05) is 16.6 Å². The third kappa shape index (κ3) is 6.90. The van der Waals surface area contributed by atoms with Crippen molar-refractivity contribution >= 4 is 32.7 Å². The lowest BCUT2D eigenvalue weighted by molar-refractivity contribution is 0.0655. The predicted molar refractivity (Wildman–Crippen MR) is 168 cm³/mol. The predicted octanol–water partition coefficient (Wildman–Crippen LogP) is 8.66. The number of hydrogen-bond acceptors (Lipinski definition) is 3. The van der Waals surface area contributed by atoms with Crippen LogP contribution in [-0.4, -0.2) is 26.9 Å². The Balaban J connectivity index is 1.80.